The largest absolute Gasteiger partial charge is 0.369 e. The van der Waals surface area contributed by atoms with Crippen LogP contribution in [0.5, 0.6) is 0 Å². The van der Waals surface area contributed by atoms with E-state index in [2.05, 4.69) is 50.9 Å². The molecule has 0 spiro atoms. The van der Waals surface area contributed by atoms with Crippen molar-refractivity contribution in [3.8, 4) is 0 Å². The smallest absolute Gasteiger partial charge is 0.196 e. The lowest BCUT2D eigenvalue weighted by atomic mass is 10.0. The van der Waals surface area contributed by atoms with Gasteiger partial charge in [0.2, 0.25) is 0 Å². The van der Waals surface area contributed by atoms with Crippen LogP contribution >= 0.6 is 27.5 Å². The van der Waals surface area contributed by atoms with Gasteiger partial charge in [-0.05, 0) is 48.4 Å². The van der Waals surface area contributed by atoms with E-state index in [4.69, 9.17) is 17.3 Å². The highest BCUT2D eigenvalue weighted by atomic mass is 79.9. The van der Waals surface area contributed by atoms with Crippen LogP contribution in [0, 0.1) is 6.92 Å². The molecule has 2 aromatic carbocycles. The first-order chi connectivity index (χ1) is 10.1. The molecular formula is C16H15BrClN3. The lowest BCUT2D eigenvalue weighted by Gasteiger charge is -2.27. The maximum atomic E-state index is 6.08. The summed E-state index contributed by atoms with van der Waals surface area (Å²) in [6.45, 7) is 2.74. The van der Waals surface area contributed by atoms with Crippen molar-refractivity contribution in [3.63, 3.8) is 0 Å². The topological polar surface area (TPSA) is 41.6 Å². The Bertz CT molecular complexity index is 697. The van der Waals surface area contributed by atoms with Crippen LogP contribution in [0.15, 0.2) is 51.9 Å². The zero-order valence-electron chi connectivity index (χ0n) is 11.6. The Balaban J connectivity index is 1.98. The third-order valence-corrected chi connectivity index (χ3v) is 4.80. The molecule has 0 bridgehead atoms. The Kier molecular flexibility index (Phi) is 3.91. The van der Waals surface area contributed by atoms with Crippen molar-refractivity contribution in [1.82, 2.24) is 0 Å². The van der Waals surface area contributed by atoms with E-state index >= 15 is 0 Å². The molecular weight excluding hydrogens is 350 g/mol. The molecule has 5 heteroatoms. The van der Waals surface area contributed by atoms with Crippen molar-refractivity contribution in [2.45, 2.75) is 13.0 Å². The number of aryl methyl sites for hydroxylation is 1. The van der Waals surface area contributed by atoms with Crippen LogP contribution < -0.4 is 10.6 Å². The first kappa shape index (κ1) is 14.4. The highest BCUT2D eigenvalue weighted by molar-refractivity contribution is 9.10. The van der Waals surface area contributed by atoms with E-state index in [0.717, 1.165) is 10.2 Å². The van der Waals surface area contributed by atoms with Gasteiger partial charge in [0.15, 0.2) is 5.96 Å². The molecule has 0 fully saturated rings. The second kappa shape index (κ2) is 5.70. The second-order valence-electron chi connectivity index (χ2n) is 5.07. The number of guanidine groups is 1. The van der Waals surface area contributed by atoms with Crippen LogP contribution in [-0.2, 0) is 0 Å². The Morgan fingerprint density at radius 1 is 1.24 bits per heavy atom. The van der Waals surface area contributed by atoms with Gasteiger partial charge < -0.3 is 10.6 Å². The summed E-state index contributed by atoms with van der Waals surface area (Å²) < 4.78 is 1.11. The van der Waals surface area contributed by atoms with Gasteiger partial charge in [-0.3, -0.25) is 4.99 Å². The number of rotatable bonds is 2. The number of hydrogen-bond acceptors (Lipinski definition) is 3. The number of hydrogen-bond donors (Lipinski definition) is 1. The summed E-state index contributed by atoms with van der Waals surface area (Å²) in [5.74, 6) is 0.544. The zero-order chi connectivity index (χ0) is 15.0. The minimum absolute atomic E-state index is 0.123. The molecule has 0 aromatic heterocycles. The standard InChI is InChI=1S/C16H15BrClN3/c1-10-8-11(2-7-14(10)17)15-9-20-16(19)21(15)13-5-3-12(18)4-6-13/h2-8,15H,9H2,1H3,(H2,19,20). The van der Waals surface area contributed by atoms with E-state index in [-0.39, 0.29) is 6.04 Å². The number of halogens is 2. The van der Waals surface area contributed by atoms with Crippen molar-refractivity contribution in [1.29, 1.82) is 0 Å². The number of nitrogens with zero attached hydrogens (tertiary/aromatic N) is 2. The SMILES string of the molecule is Cc1cc(C2CN=C(N)N2c2ccc(Cl)cc2)ccc1Br. The van der Waals surface area contributed by atoms with Gasteiger partial charge >= 0.3 is 0 Å². The molecule has 1 aliphatic heterocycles. The fourth-order valence-electron chi connectivity index (χ4n) is 2.54. The Morgan fingerprint density at radius 2 is 1.95 bits per heavy atom. The number of anilines is 1. The van der Waals surface area contributed by atoms with E-state index in [1.807, 2.05) is 24.3 Å². The molecule has 0 saturated carbocycles. The number of aliphatic imine (C=N–C) groups is 1. The molecule has 2 aromatic rings. The summed E-state index contributed by atoms with van der Waals surface area (Å²) in [7, 11) is 0. The average molecular weight is 365 g/mol. The van der Waals surface area contributed by atoms with E-state index in [1.54, 1.807) is 0 Å². The molecule has 0 saturated heterocycles. The molecule has 0 amide bonds. The average Bonchev–Trinajstić information content (AvgIpc) is 2.85. The molecule has 2 N–H and O–H groups in total. The summed E-state index contributed by atoms with van der Waals surface area (Å²) >= 11 is 9.50. The van der Waals surface area contributed by atoms with E-state index in [0.29, 0.717) is 17.5 Å². The van der Waals surface area contributed by atoms with Crippen LogP contribution in [0.2, 0.25) is 5.02 Å². The van der Waals surface area contributed by atoms with Gasteiger partial charge in [-0.15, -0.1) is 0 Å². The van der Waals surface area contributed by atoms with Crippen molar-refractivity contribution >= 4 is 39.2 Å². The first-order valence-electron chi connectivity index (χ1n) is 6.67. The lowest BCUT2D eigenvalue weighted by Crippen LogP contribution is -2.36. The first-order valence-corrected chi connectivity index (χ1v) is 7.84. The van der Waals surface area contributed by atoms with Gasteiger partial charge in [0.05, 0.1) is 12.6 Å². The zero-order valence-corrected chi connectivity index (χ0v) is 13.9. The summed E-state index contributed by atoms with van der Waals surface area (Å²) in [5.41, 5.74) is 9.49. The summed E-state index contributed by atoms with van der Waals surface area (Å²) in [4.78, 5) is 6.46. The van der Waals surface area contributed by atoms with Gasteiger partial charge in [-0.25, -0.2) is 0 Å². The van der Waals surface area contributed by atoms with Gasteiger partial charge in [0, 0.05) is 15.2 Å². The maximum Gasteiger partial charge on any atom is 0.196 e. The Labute approximate surface area is 137 Å². The lowest BCUT2D eigenvalue weighted by molar-refractivity contribution is 0.767. The van der Waals surface area contributed by atoms with Gasteiger partial charge in [-0.2, -0.15) is 0 Å². The summed E-state index contributed by atoms with van der Waals surface area (Å²) in [5, 5.41) is 0.712. The minimum atomic E-state index is 0.123. The van der Waals surface area contributed by atoms with Gasteiger partial charge in [-0.1, -0.05) is 39.7 Å². The maximum absolute atomic E-state index is 6.08. The number of benzene rings is 2. The van der Waals surface area contributed by atoms with Gasteiger partial charge in [0.1, 0.15) is 0 Å². The third-order valence-electron chi connectivity index (χ3n) is 3.66. The van der Waals surface area contributed by atoms with Crippen molar-refractivity contribution in [3.05, 3.63) is 63.1 Å². The van der Waals surface area contributed by atoms with Crippen LogP contribution in [-0.4, -0.2) is 12.5 Å². The molecule has 108 valence electrons. The van der Waals surface area contributed by atoms with Crippen molar-refractivity contribution in [2.75, 3.05) is 11.4 Å². The molecule has 3 rings (SSSR count). The summed E-state index contributed by atoms with van der Waals surface area (Å²) in [6, 6.07) is 14.1. The molecule has 1 heterocycles. The van der Waals surface area contributed by atoms with Crippen LogP contribution in [0.25, 0.3) is 0 Å². The van der Waals surface area contributed by atoms with Crippen molar-refractivity contribution in [2.24, 2.45) is 10.7 Å². The monoisotopic (exact) mass is 363 g/mol. The third kappa shape index (κ3) is 2.78. The molecule has 0 aliphatic carbocycles. The Morgan fingerprint density at radius 3 is 2.62 bits per heavy atom. The van der Waals surface area contributed by atoms with Crippen LogP contribution in [0.1, 0.15) is 17.2 Å². The van der Waals surface area contributed by atoms with Crippen molar-refractivity contribution < 1.29 is 0 Å². The number of nitrogens with two attached hydrogens (primary N) is 1. The molecule has 0 radical (unpaired) electrons. The normalized spacial score (nSPS) is 18.0. The highest BCUT2D eigenvalue weighted by Crippen LogP contribution is 2.33. The highest BCUT2D eigenvalue weighted by Gasteiger charge is 2.28. The predicted octanol–water partition coefficient (Wildman–Crippen LogP) is 4.29. The molecule has 21 heavy (non-hydrogen) atoms. The fourth-order valence-corrected chi connectivity index (χ4v) is 2.91. The molecule has 1 unspecified atom stereocenters. The van der Waals surface area contributed by atoms with E-state index in [1.165, 1.54) is 11.1 Å². The van der Waals surface area contributed by atoms with E-state index < -0.39 is 0 Å². The summed E-state index contributed by atoms with van der Waals surface area (Å²) in [6.07, 6.45) is 0. The minimum Gasteiger partial charge on any atom is -0.369 e. The molecule has 1 aliphatic rings. The second-order valence-corrected chi connectivity index (χ2v) is 6.36. The Hall–Kier alpha value is -1.52. The predicted molar refractivity (Wildman–Crippen MR) is 92.0 cm³/mol. The quantitative estimate of drug-likeness (QED) is 0.864. The van der Waals surface area contributed by atoms with Gasteiger partial charge in [0.25, 0.3) is 0 Å². The molecule has 1 atom stereocenters. The van der Waals surface area contributed by atoms with Crippen LogP contribution in [0.3, 0.4) is 0 Å². The van der Waals surface area contributed by atoms with E-state index in [9.17, 15) is 0 Å². The molecule has 3 nitrogen and oxygen atoms in total. The van der Waals surface area contributed by atoms with Crippen LogP contribution in [0.4, 0.5) is 5.69 Å². The fraction of sp³-hybridized carbons (Fsp3) is 0.188.